The van der Waals surface area contributed by atoms with Crippen molar-refractivity contribution in [2.24, 2.45) is 11.8 Å². The Hall–Kier alpha value is -2.12. The fraction of sp³-hybridized carbons (Fsp3) is 0.636. The number of amides is 2. The van der Waals surface area contributed by atoms with Crippen LogP contribution in [-0.2, 0) is 19.0 Å². The van der Waals surface area contributed by atoms with E-state index in [2.05, 4.69) is 38.2 Å². The lowest BCUT2D eigenvalue weighted by Gasteiger charge is -2.42. The Morgan fingerprint density at radius 2 is 1.97 bits per heavy atom. The lowest BCUT2D eigenvalue weighted by atomic mass is 9.64. The van der Waals surface area contributed by atoms with Crippen LogP contribution in [0, 0.1) is 32.6 Å². The summed E-state index contributed by atoms with van der Waals surface area (Å²) in [4.78, 5) is 27.5. The minimum Gasteiger partial charge on any atom is -0.453 e. The highest BCUT2D eigenvalue weighted by atomic mass is 16.6. The van der Waals surface area contributed by atoms with Crippen molar-refractivity contribution in [3.63, 3.8) is 0 Å². The first-order valence-electron chi connectivity index (χ1n) is 10.3. The molecule has 7 heteroatoms. The van der Waals surface area contributed by atoms with Gasteiger partial charge in [-0.1, -0.05) is 0 Å². The molecule has 4 fully saturated rings. The molecule has 4 heterocycles. The number of aryl methyl sites for hydroxylation is 2. The van der Waals surface area contributed by atoms with E-state index < -0.39 is 17.3 Å². The van der Waals surface area contributed by atoms with Gasteiger partial charge in [-0.05, 0) is 56.5 Å². The number of rotatable bonds is 2. The van der Waals surface area contributed by atoms with Crippen molar-refractivity contribution in [2.75, 3.05) is 18.6 Å². The van der Waals surface area contributed by atoms with Gasteiger partial charge in [-0.3, -0.25) is 9.69 Å². The Kier molecular flexibility index (Phi) is 3.87. The molecule has 6 atom stereocenters. The van der Waals surface area contributed by atoms with E-state index in [1.54, 1.807) is 0 Å². The number of nitrogens with zero attached hydrogens (tertiary/aromatic N) is 1. The number of anilines is 1. The standard InChI is InChI=1S/C22H28N2O5/c1-11-8-14(9-12(2)13(11)3)24-18(25)16-17-19(24)28-7-6-22(17)10-15(21(16,4)29-22)23-20(26)27-5/h8-9,15-17,19H,6-7,10H2,1-5H3,(H,23,26)/t15-,16+,17-,19-,21+,22-/m1/s1. The monoisotopic (exact) mass is 400 g/mol. The Bertz CT molecular complexity index is 893. The van der Waals surface area contributed by atoms with E-state index >= 15 is 0 Å². The number of ether oxygens (including phenoxy) is 3. The molecule has 4 aliphatic heterocycles. The zero-order chi connectivity index (χ0) is 20.7. The van der Waals surface area contributed by atoms with Gasteiger partial charge in [0.25, 0.3) is 0 Å². The number of carbonyl (C=O) groups is 2. The molecule has 0 radical (unpaired) electrons. The molecule has 0 aromatic heterocycles. The molecule has 5 rings (SSSR count). The number of nitrogens with one attached hydrogen (secondary N) is 1. The molecule has 156 valence electrons. The predicted octanol–water partition coefficient (Wildman–Crippen LogP) is 2.59. The Labute approximate surface area is 170 Å². The van der Waals surface area contributed by atoms with Gasteiger partial charge in [-0.2, -0.15) is 0 Å². The zero-order valence-corrected chi connectivity index (χ0v) is 17.6. The third kappa shape index (κ3) is 2.31. The molecule has 1 aromatic rings. The molecule has 2 amide bonds. The van der Waals surface area contributed by atoms with Crippen LogP contribution in [0.3, 0.4) is 0 Å². The predicted molar refractivity (Wildman–Crippen MR) is 106 cm³/mol. The maximum absolute atomic E-state index is 13.8. The molecular formula is C22H28N2O5. The fourth-order valence-corrected chi connectivity index (χ4v) is 6.17. The summed E-state index contributed by atoms with van der Waals surface area (Å²) in [6, 6.07) is 3.88. The van der Waals surface area contributed by atoms with E-state index in [0.29, 0.717) is 13.0 Å². The number of hydrogen-bond donors (Lipinski definition) is 1. The first kappa shape index (κ1) is 18.9. The summed E-state index contributed by atoms with van der Waals surface area (Å²) >= 11 is 0. The van der Waals surface area contributed by atoms with E-state index in [4.69, 9.17) is 14.2 Å². The van der Waals surface area contributed by atoms with Crippen molar-refractivity contribution in [3.8, 4) is 0 Å². The van der Waals surface area contributed by atoms with Crippen LogP contribution in [0.4, 0.5) is 10.5 Å². The summed E-state index contributed by atoms with van der Waals surface area (Å²) in [6.45, 7) is 8.72. The molecule has 0 saturated carbocycles. The second kappa shape index (κ2) is 5.95. The largest absolute Gasteiger partial charge is 0.453 e. The van der Waals surface area contributed by atoms with Crippen LogP contribution in [0.25, 0.3) is 0 Å². The van der Waals surface area contributed by atoms with Crippen LogP contribution >= 0.6 is 0 Å². The topological polar surface area (TPSA) is 77.1 Å². The van der Waals surface area contributed by atoms with Crippen molar-refractivity contribution >= 4 is 17.7 Å². The third-order valence-corrected chi connectivity index (χ3v) is 7.80. The van der Waals surface area contributed by atoms with Crippen LogP contribution in [0.2, 0.25) is 0 Å². The van der Waals surface area contributed by atoms with Crippen molar-refractivity contribution in [2.45, 2.75) is 64.0 Å². The molecule has 1 spiro atoms. The number of fused-ring (bicyclic) bond motifs is 2. The normalized spacial score (nSPS) is 39.6. The molecule has 1 aromatic carbocycles. The molecule has 2 bridgehead atoms. The van der Waals surface area contributed by atoms with Gasteiger partial charge in [0.05, 0.1) is 36.9 Å². The summed E-state index contributed by atoms with van der Waals surface area (Å²) < 4.78 is 17.5. The van der Waals surface area contributed by atoms with Gasteiger partial charge in [-0.15, -0.1) is 0 Å². The summed E-state index contributed by atoms with van der Waals surface area (Å²) in [7, 11) is 1.35. The maximum atomic E-state index is 13.8. The number of methoxy groups -OCH3 is 1. The smallest absolute Gasteiger partial charge is 0.407 e. The number of carbonyl (C=O) groups excluding carboxylic acids is 2. The maximum Gasteiger partial charge on any atom is 0.407 e. The Morgan fingerprint density at radius 1 is 1.28 bits per heavy atom. The highest BCUT2D eigenvalue weighted by Gasteiger charge is 2.78. The Morgan fingerprint density at radius 3 is 2.62 bits per heavy atom. The average Bonchev–Trinajstić information content (AvgIpc) is 3.23. The first-order chi connectivity index (χ1) is 13.7. The molecule has 0 aliphatic carbocycles. The number of alkyl carbamates (subject to hydrolysis) is 1. The molecule has 0 unspecified atom stereocenters. The first-order valence-corrected chi connectivity index (χ1v) is 10.3. The highest BCUT2D eigenvalue weighted by Crippen LogP contribution is 2.65. The third-order valence-electron chi connectivity index (χ3n) is 7.80. The SMILES string of the molecule is COC(=O)N[C@@H]1C[C@]23CCO[C@@H]4[C@H]2[C@@H](C(=O)N4c2cc(C)c(C)c(C)c2)[C@@]1(C)O3. The highest BCUT2D eigenvalue weighted by molar-refractivity contribution is 6.00. The zero-order valence-electron chi connectivity index (χ0n) is 17.6. The number of benzene rings is 1. The summed E-state index contributed by atoms with van der Waals surface area (Å²) in [6.07, 6.45) is 0.582. The van der Waals surface area contributed by atoms with Crippen LogP contribution in [0.1, 0.15) is 36.5 Å². The molecule has 7 nitrogen and oxygen atoms in total. The molecular weight excluding hydrogens is 372 g/mol. The second-order valence-corrected chi connectivity index (χ2v) is 9.17. The van der Waals surface area contributed by atoms with Crippen LogP contribution < -0.4 is 10.2 Å². The van der Waals surface area contributed by atoms with Gasteiger partial charge >= 0.3 is 6.09 Å². The molecule has 4 aliphatic rings. The minimum absolute atomic E-state index is 0.0188. The second-order valence-electron chi connectivity index (χ2n) is 9.17. The van der Waals surface area contributed by atoms with Gasteiger partial charge in [0.2, 0.25) is 5.91 Å². The quantitative estimate of drug-likeness (QED) is 0.826. The van der Waals surface area contributed by atoms with Gasteiger partial charge in [0, 0.05) is 24.4 Å². The van der Waals surface area contributed by atoms with Crippen LogP contribution in [0.5, 0.6) is 0 Å². The van der Waals surface area contributed by atoms with Crippen LogP contribution in [0.15, 0.2) is 12.1 Å². The van der Waals surface area contributed by atoms with E-state index in [9.17, 15) is 9.59 Å². The van der Waals surface area contributed by atoms with E-state index in [1.807, 2.05) is 11.8 Å². The summed E-state index contributed by atoms with van der Waals surface area (Å²) in [5.74, 6) is -0.373. The van der Waals surface area contributed by atoms with Crippen molar-refractivity contribution in [3.05, 3.63) is 28.8 Å². The van der Waals surface area contributed by atoms with Crippen molar-refractivity contribution in [1.82, 2.24) is 5.32 Å². The fourth-order valence-electron chi connectivity index (χ4n) is 6.17. The van der Waals surface area contributed by atoms with Gasteiger partial charge in [0.15, 0.2) is 0 Å². The van der Waals surface area contributed by atoms with E-state index in [0.717, 1.165) is 23.2 Å². The van der Waals surface area contributed by atoms with Gasteiger partial charge in [0.1, 0.15) is 6.23 Å². The van der Waals surface area contributed by atoms with Crippen molar-refractivity contribution in [1.29, 1.82) is 0 Å². The molecule has 29 heavy (non-hydrogen) atoms. The minimum atomic E-state index is -0.772. The van der Waals surface area contributed by atoms with Gasteiger partial charge in [-0.25, -0.2) is 4.79 Å². The lowest BCUT2D eigenvalue weighted by Crippen LogP contribution is -2.57. The van der Waals surface area contributed by atoms with E-state index in [-0.39, 0.29) is 30.0 Å². The lowest BCUT2D eigenvalue weighted by molar-refractivity contribution is -0.139. The van der Waals surface area contributed by atoms with Gasteiger partial charge < -0.3 is 19.5 Å². The number of hydrogen-bond acceptors (Lipinski definition) is 5. The van der Waals surface area contributed by atoms with Crippen molar-refractivity contribution < 1.29 is 23.8 Å². The Balaban J connectivity index is 1.57. The van der Waals surface area contributed by atoms with E-state index in [1.165, 1.54) is 12.7 Å². The summed E-state index contributed by atoms with van der Waals surface area (Å²) in [5.41, 5.74) is 3.21. The molecule has 1 N–H and O–H groups in total. The van der Waals surface area contributed by atoms with Crippen LogP contribution in [-0.4, -0.2) is 49.2 Å². The molecule has 4 saturated heterocycles. The summed E-state index contributed by atoms with van der Waals surface area (Å²) in [5, 5.41) is 2.91. The average molecular weight is 400 g/mol.